The largest absolute Gasteiger partial charge is 0.385 e. The van der Waals surface area contributed by atoms with Gasteiger partial charge in [0, 0.05) is 58.7 Å². The van der Waals surface area contributed by atoms with Crippen molar-refractivity contribution in [2.45, 2.75) is 39.5 Å². The van der Waals surface area contributed by atoms with Crippen LogP contribution in [0, 0.1) is 19.8 Å². The summed E-state index contributed by atoms with van der Waals surface area (Å²) in [6.07, 6.45) is 8.56. The Balaban J connectivity index is 1.38. The zero-order valence-electron chi connectivity index (χ0n) is 16.1. The molecule has 0 unspecified atom stereocenters. The minimum Gasteiger partial charge on any atom is -0.385 e. The van der Waals surface area contributed by atoms with Gasteiger partial charge in [-0.05, 0) is 63.1 Å². The number of piperidine rings is 1. The zero-order valence-corrected chi connectivity index (χ0v) is 16.9. The van der Waals surface area contributed by atoms with Crippen LogP contribution in [0.2, 0.25) is 0 Å². The number of aromatic amines is 1. The van der Waals surface area contributed by atoms with E-state index in [1.165, 1.54) is 33.9 Å². The van der Waals surface area contributed by atoms with Gasteiger partial charge in [0.25, 0.3) is 0 Å². The van der Waals surface area contributed by atoms with Crippen molar-refractivity contribution in [2.24, 2.45) is 5.92 Å². The van der Waals surface area contributed by atoms with E-state index in [4.69, 9.17) is 0 Å². The average Bonchev–Trinajstić information content (AvgIpc) is 3.28. The molecule has 0 bridgehead atoms. The summed E-state index contributed by atoms with van der Waals surface area (Å²) in [5.74, 6) is 0.719. The van der Waals surface area contributed by atoms with Crippen molar-refractivity contribution in [1.29, 1.82) is 0 Å². The van der Waals surface area contributed by atoms with Gasteiger partial charge in [-0.2, -0.15) is 0 Å². The topological polar surface area (TPSA) is 31.1 Å². The van der Waals surface area contributed by atoms with E-state index < -0.39 is 0 Å². The van der Waals surface area contributed by atoms with Crippen LogP contribution in [0.5, 0.6) is 0 Å². The molecule has 4 heteroatoms. The molecule has 0 radical (unpaired) electrons. The molecule has 1 fully saturated rings. The Bertz CT molecular complexity index is 734. The van der Waals surface area contributed by atoms with Gasteiger partial charge in [0.05, 0.1) is 0 Å². The number of aryl methyl sites for hydroxylation is 3. The van der Waals surface area contributed by atoms with Crippen LogP contribution in [-0.4, -0.2) is 29.5 Å². The minimum atomic E-state index is 0.719. The first-order chi connectivity index (χ1) is 12.5. The molecule has 3 nitrogen and oxygen atoms in total. The predicted molar refractivity (Wildman–Crippen MR) is 113 cm³/mol. The number of aromatic nitrogens is 1. The standard InChI is InChI=1S/C22H31N3S/c1-16(5-6-21-13-17(2)26-19(21)4)25-11-8-20(9-12-25)14-24-18(3)22-7-10-23-15-22/h7,10,13,15,20,23-24H,1,3,5-6,8-9,11-12,14H2,2,4H3. The number of H-pyrrole nitrogens is 1. The van der Waals surface area contributed by atoms with E-state index >= 15 is 0 Å². The molecular formula is C22H31N3S. The maximum Gasteiger partial charge on any atom is 0.0356 e. The lowest BCUT2D eigenvalue weighted by Gasteiger charge is -2.35. The van der Waals surface area contributed by atoms with Gasteiger partial charge in [-0.15, -0.1) is 11.3 Å². The van der Waals surface area contributed by atoms with Crippen molar-refractivity contribution in [3.8, 4) is 0 Å². The smallest absolute Gasteiger partial charge is 0.0356 e. The number of allylic oxidation sites excluding steroid dienone is 1. The third kappa shape index (κ3) is 4.82. The lowest BCUT2D eigenvalue weighted by molar-refractivity contribution is 0.222. The maximum absolute atomic E-state index is 4.36. The number of nitrogens with zero attached hydrogens (tertiary/aromatic N) is 1. The maximum atomic E-state index is 4.36. The minimum absolute atomic E-state index is 0.719. The average molecular weight is 370 g/mol. The van der Waals surface area contributed by atoms with Crippen LogP contribution < -0.4 is 5.32 Å². The first-order valence-electron chi connectivity index (χ1n) is 9.57. The third-order valence-electron chi connectivity index (χ3n) is 5.44. The second-order valence-corrected chi connectivity index (χ2v) is 8.85. The highest BCUT2D eigenvalue weighted by Crippen LogP contribution is 2.25. The van der Waals surface area contributed by atoms with Gasteiger partial charge in [0.1, 0.15) is 0 Å². The lowest BCUT2D eigenvalue weighted by atomic mass is 9.95. The summed E-state index contributed by atoms with van der Waals surface area (Å²) in [4.78, 5) is 8.45. The lowest BCUT2D eigenvalue weighted by Crippen LogP contribution is -2.36. The van der Waals surface area contributed by atoms with Crippen LogP contribution in [0.4, 0.5) is 0 Å². The van der Waals surface area contributed by atoms with E-state index in [9.17, 15) is 0 Å². The fourth-order valence-corrected chi connectivity index (χ4v) is 4.68. The second kappa shape index (κ2) is 8.63. The molecule has 2 aromatic rings. The van der Waals surface area contributed by atoms with Gasteiger partial charge >= 0.3 is 0 Å². The van der Waals surface area contributed by atoms with E-state index in [0.29, 0.717) is 0 Å². The summed E-state index contributed by atoms with van der Waals surface area (Å²) < 4.78 is 0. The Morgan fingerprint density at radius 3 is 2.69 bits per heavy atom. The Hall–Kier alpha value is -1.94. The molecule has 0 amide bonds. The summed E-state index contributed by atoms with van der Waals surface area (Å²) in [6.45, 7) is 16.2. The summed E-state index contributed by atoms with van der Waals surface area (Å²) in [5, 5.41) is 3.50. The van der Waals surface area contributed by atoms with Crippen molar-refractivity contribution in [1.82, 2.24) is 15.2 Å². The molecule has 1 aliphatic rings. The van der Waals surface area contributed by atoms with Crippen molar-refractivity contribution in [3.63, 3.8) is 0 Å². The molecular weight excluding hydrogens is 338 g/mol. The van der Waals surface area contributed by atoms with Crippen LogP contribution in [0.1, 0.15) is 40.1 Å². The van der Waals surface area contributed by atoms with Crippen LogP contribution >= 0.6 is 11.3 Å². The molecule has 2 aromatic heterocycles. The summed E-state index contributed by atoms with van der Waals surface area (Å²) in [6, 6.07) is 4.39. The van der Waals surface area contributed by atoms with Gasteiger partial charge in [-0.1, -0.05) is 13.2 Å². The summed E-state index contributed by atoms with van der Waals surface area (Å²) in [5.41, 5.74) is 4.96. The van der Waals surface area contributed by atoms with E-state index in [2.05, 4.69) is 54.3 Å². The fourth-order valence-electron chi connectivity index (χ4n) is 3.70. The molecule has 26 heavy (non-hydrogen) atoms. The Kier molecular flexibility index (Phi) is 6.25. The van der Waals surface area contributed by atoms with Gasteiger partial charge in [0.15, 0.2) is 0 Å². The molecule has 2 N–H and O–H groups in total. The van der Waals surface area contributed by atoms with Crippen LogP contribution in [0.15, 0.2) is 43.4 Å². The summed E-state index contributed by atoms with van der Waals surface area (Å²) >= 11 is 1.90. The monoisotopic (exact) mass is 369 g/mol. The number of nitrogens with one attached hydrogen (secondary N) is 2. The van der Waals surface area contributed by atoms with Crippen molar-refractivity contribution in [3.05, 3.63) is 64.3 Å². The van der Waals surface area contributed by atoms with Gasteiger partial charge in [-0.25, -0.2) is 0 Å². The molecule has 3 rings (SSSR count). The molecule has 1 aliphatic heterocycles. The first-order valence-corrected chi connectivity index (χ1v) is 10.4. The van der Waals surface area contributed by atoms with E-state index in [0.717, 1.165) is 49.7 Å². The quantitative estimate of drug-likeness (QED) is 0.677. The van der Waals surface area contributed by atoms with Crippen LogP contribution in [0.3, 0.4) is 0 Å². The normalized spacial score (nSPS) is 15.2. The molecule has 0 spiro atoms. The Labute approximate surface area is 161 Å². The number of thiophene rings is 1. The van der Waals surface area contributed by atoms with Gasteiger partial charge in [-0.3, -0.25) is 0 Å². The highest BCUT2D eigenvalue weighted by molar-refractivity contribution is 7.12. The molecule has 0 atom stereocenters. The van der Waals surface area contributed by atoms with Crippen LogP contribution in [-0.2, 0) is 6.42 Å². The van der Waals surface area contributed by atoms with Gasteiger partial charge < -0.3 is 15.2 Å². The molecule has 0 saturated carbocycles. The summed E-state index contributed by atoms with van der Waals surface area (Å²) in [7, 11) is 0. The van der Waals surface area contributed by atoms with Crippen molar-refractivity contribution in [2.75, 3.05) is 19.6 Å². The van der Waals surface area contributed by atoms with Crippen LogP contribution in [0.25, 0.3) is 5.70 Å². The Morgan fingerprint density at radius 1 is 1.31 bits per heavy atom. The zero-order chi connectivity index (χ0) is 18.5. The van der Waals surface area contributed by atoms with Crippen molar-refractivity contribution >= 4 is 17.0 Å². The number of rotatable bonds is 8. The Morgan fingerprint density at radius 2 is 2.08 bits per heavy atom. The molecule has 1 saturated heterocycles. The SMILES string of the molecule is C=C(NCC1CCN(C(=C)CCc2cc(C)sc2C)CC1)c1cc[nH]c1. The highest BCUT2D eigenvalue weighted by atomic mass is 32.1. The first kappa shape index (κ1) is 18.8. The fraction of sp³-hybridized carbons (Fsp3) is 0.455. The highest BCUT2D eigenvalue weighted by Gasteiger charge is 2.20. The predicted octanol–water partition coefficient (Wildman–Crippen LogP) is 5.11. The molecule has 3 heterocycles. The number of hydrogen-bond donors (Lipinski definition) is 2. The number of hydrogen-bond acceptors (Lipinski definition) is 3. The van der Waals surface area contributed by atoms with E-state index in [1.807, 2.05) is 23.7 Å². The second-order valence-electron chi connectivity index (χ2n) is 7.39. The third-order valence-corrected chi connectivity index (χ3v) is 6.45. The molecule has 0 aliphatic carbocycles. The van der Waals surface area contributed by atoms with Gasteiger partial charge in [0.2, 0.25) is 0 Å². The number of likely N-dealkylation sites (tertiary alicyclic amines) is 1. The molecule has 140 valence electrons. The van der Waals surface area contributed by atoms with E-state index in [-0.39, 0.29) is 0 Å². The molecule has 0 aromatic carbocycles. The van der Waals surface area contributed by atoms with Crippen molar-refractivity contribution < 1.29 is 0 Å². The van der Waals surface area contributed by atoms with E-state index in [1.54, 1.807) is 0 Å².